The second kappa shape index (κ2) is 10.7. The number of anilines is 1. The topological polar surface area (TPSA) is 45.1 Å². The van der Waals surface area contributed by atoms with Crippen molar-refractivity contribution in [3.05, 3.63) is 106 Å². The van der Waals surface area contributed by atoms with Crippen molar-refractivity contribution in [2.45, 2.75) is 31.7 Å². The van der Waals surface area contributed by atoms with Crippen molar-refractivity contribution in [3.63, 3.8) is 0 Å². The number of carbonyl (C=O) groups is 2. The van der Waals surface area contributed by atoms with Crippen LogP contribution in [-0.4, -0.2) is 42.9 Å². The van der Waals surface area contributed by atoms with Crippen LogP contribution in [-0.2, 0) is 22.6 Å². The number of nitrogens with zero attached hydrogens (tertiary/aromatic N) is 2. The zero-order valence-corrected chi connectivity index (χ0v) is 21.7. The third-order valence-corrected chi connectivity index (χ3v) is 8.03. The van der Waals surface area contributed by atoms with E-state index in [1.807, 2.05) is 61.5 Å². The van der Waals surface area contributed by atoms with Crippen LogP contribution in [0.4, 0.5) is 5.69 Å². The van der Waals surface area contributed by atoms with Crippen LogP contribution in [0.2, 0.25) is 0 Å². The molecule has 0 aliphatic carbocycles. The van der Waals surface area contributed by atoms with Gasteiger partial charge in [0, 0.05) is 10.5 Å². The Morgan fingerprint density at radius 3 is 2.11 bits per heavy atom. The molecule has 0 aromatic heterocycles. The van der Waals surface area contributed by atoms with E-state index in [1.165, 1.54) is 32.7 Å². The fraction of sp³-hybridized carbons (Fsp3) is 0.267. The zero-order chi connectivity index (χ0) is 25.1. The first-order chi connectivity index (χ1) is 17.5. The van der Waals surface area contributed by atoms with Crippen molar-refractivity contribution in [2.75, 3.05) is 31.1 Å². The van der Waals surface area contributed by atoms with E-state index in [-0.39, 0.29) is 11.8 Å². The van der Waals surface area contributed by atoms with Gasteiger partial charge in [0.05, 0.1) is 31.9 Å². The Labute approximate surface area is 217 Å². The predicted molar refractivity (Wildman–Crippen MR) is 145 cm³/mol. The van der Waals surface area contributed by atoms with E-state index in [1.54, 1.807) is 0 Å². The number of hydrogen-bond acceptors (Lipinski definition) is 4. The number of quaternary nitrogens is 1. The lowest BCUT2D eigenvalue weighted by atomic mass is 10.1. The second-order valence-electron chi connectivity index (χ2n) is 9.46. The average Bonchev–Trinajstić information content (AvgIpc) is 3.15. The van der Waals surface area contributed by atoms with E-state index >= 15 is 0 Å². The lowest BCUT2D eigenvalue weighted by molar-refractivity contribution is -0.917. The van der Waals surface area contributed by atoms with E-state index in [0.29, 0.717) is 16.3 Å². The summed E-state index contributed by atoms with van der Waals surface area (Å²) in [5.74, 6) is -0.450. The van der Waals surface area contributed by atoms with Gasteiger partial charge < -0.3 is 9.80 Å². The molecule has 3 aromatic carbocycles. The molecule has 1 N–H and O–H groups in total. The van der Waals surface area contributed by atoms with E-state index in [0.717, 1.165) is 49.6 Å². The summed E-state index contributed by atoms with van der Waals surface area (Å²) >= 11 is 1.40. The van der Waals surface area contributed by atoms with Crippen molar-refractivity contribution in [1.29, 1.82) is 0 Å². The van der Waals surface area contributed by atoms with Gasteiger partial charge >= 0.3 is 0 Å². The maximum Gasteiger partial charge on any atom is 0.283 e. The number of rotatable bonds is 7. The van der Waals surface area contributed by atoms with Gasteiger partial charge in [-0.2, -0.15) is 0 Å². The minimum Gasteiger partial charge on any atom is -0.355 e. The lowest BCUT2D eigenvalue weighted by Gasteiger charge is -2.34. The fourth-order valence-corrected chi connectivity index (χ4v) is 5.82. The van der Waals surface area contributed by atoms with Gasteiger partial charge in [-0.15, -0.1) is 0 Å². The molecule has 2 amide bonds. The molecule has 0 unspecified atom stereocenters. The molecule has 0 atom stereocenters. The molecular formula is C30H32N3O2S+. The highest BCUT2D eigenvalue weighted by Gasteiger charge is 2.43. The lowest BCUT2D eigenvalue weighted by Crippen LogP contribution is -3.13. The molecule has 5 nitrogen and oxygen atoms in total. The van der Waals surface area contributed by atoms with Crippen LogP contribution in [0.1, 0.15) is 23.6 Å². The highest BCUT2D eigenvalue weighted by Crippen LogP contribution is 2.38. The summed E-state index contributed by atoms with van der Waals surface area (Å²) in [5, 5.41) is 0. The highest BCUT2D eigenvalue weighted by atomic mass is 32.2. The van der Waals surface area contributed by atoms with Crippen LogP contribution in [0, 0.1) is 6.92 Å². The second-order valence-corrected chi connectivity index (χ2v) is 10.5. The van der Waals surface area contributed by atoms with Gasteiger partial charge in [0.1, 0.15) is 17.1 Å². The summed E-state index contributed by atoms with van der Waals surface area (Å²) in [6, 6.07) is 26.4. The number of thioether (sulfide) groups is 1. The minimum atomic E-state index is -0.233. The SMILES string of the molecule is CCc1ccc(N2C(=O)C(Sc3ccc(C)cc3)=C(N3CC[NH+](Cc4ccccc4)CC3)C2=O)cc1. The molecule has 2 heterocycles. The van der Waals surface area contributed by atoms with Crippen LogP contribution in [0.25, 0.3) is 0 Å². The number of aryl methyl sites for hydroxylation is 2. The molecule has 0 spiro atoms. The molecule has 6 heteroatoms. The number of carbonyl (C=O) groups excluding carboxylic acids is 2. The molecular weight excluding hydrogens is 466 g/mol. The molecule has 184 valence electrons. The van der Waals surface area contributed by atoms with Crippen LogP contribution >= 0.6 is 11.8 Å². The Morgan fingerprint density at radius 2 is 1.47 bits per heavy atom. The van der Waals surface area contributed by atoms with Crippen LogP contribution in [0.5, 0.6) is 0 Å². The van der Waals surface area contributed by atoms with E-state index in [2.05, 4.69) is 36.1 Å². The first-order valence-electron chi connectivity index (χ1n) is 12.6. The van der Waals surface area contributed by atoms with Crippen molar-refractivity contribution in [1.82, 2.24) is 4.90 Å². The molecule has 0 bridgehead atoms. The van der Waals surface area contributed by atoms with Crippen molar-refractivity contribution in [2.24, 2.45) is 0 Å². The number of amides is 2. The van der Waals surface area contributed by atoms with E-state index < -0.39 is 0 Å². The quantitative estimate of drug-likeness (QED) is 0.503. The summed E-state index contributed by atoms with van der Waals surface area (Å²) in [6.07, 6.45) is 0.912. The molecule has 2 aliphatic heterocycles. The minimum absolute atomic E-state index is 0.217. The highest BCUT2D eigenvalue weighted by molar-refractivity contribution is 8.04. The first kappa shape index (κ1) is 24.3. The number of imide groups is 1. The summed E-state index contributed by atoms with van der Waals surface area (Å²) in [7, 11) is 0. The largest absolute Gasteiger partial charge is 0.355 e. The number of nitrogens with one attached hydrogen (secondary N) is 1. The van der Waals surface area contributed by atoms with Crippen LogP contribution in [0.15, 0.2) is 94.4 Å². The maximum atomic E-state index is 13.8. The smallest absolute Gasteiger partial charge is 0.283 e. The van der Waals surface area contributed by atoms with Gasteiger partial charge in [0.2, 0.25) is 0 Å². The average molecular weight is 499 g/mol. The van der Waals surface area contributed by atoms with E-state index in [4.69, 9.17) is 0 Å². The Hall–Kier alpha value is -3.35. The molecule has 1 fully saturated rings. The summed E-state index contributed by atoms with van der Waals surface area (Å²) in [6.45, 7) is 8.45. The van der Waals surface area contributed by atoms with Crippen LogP contribution in [0.3, 0.4) is 0 Å². The fourth-order valence-electron chi connectivity index (χ4n) is 4.82. The first-order valence-corrected chi connectivity index (χ1v) is 13.4. The summed E-state index contributed by atoms with van der Waals surface area (Å²) < 4.78 is 0. The van der Waals surface area contributed by atoms with Crippen molar-refractivity contribution < 1.29 is 14.5 Å². The van der Waals surface area contributed by atoms with Gasteiger partial charge in [-0.3, -0.25) is 9.59 Å². The summed E-state index contributed by atoms with van der Waals surface area (Å²) in [4.78, 5) is 33.9. The molecule has 1 saturated heterocycles. The Morgan fingerprint density at radius 1 is 0.806 bits per heavy atom. The van der Waals surface area contributed by atoms with Gasteiger partial charge in [-0.05, 0) is 43.2 Å². The normalized spacial score (nSPS) is 16.8. The monoisotopic (exact) mass is 498 g/mol. The summed E-state index contributed by atoms with van der Waals surface area (Å²) in [5.41, 5.74) is 4.84. The number of hydrogen-bond donors (Lipinski definition) is 1. The van der Waals surface area contributed by atoms with Gasteiger partial charge in [0.25, 0.3) is 11.8 Å². The molecule has 3 aromatic rings. The Bertz CT molecular complexity index is 1260. The van der Waals surface area contributed by atoms with E-state index in [9.17, 15) is 9.59 Å². The third-order valence-electron chi connectivity index (χ3n) is 6.95. The third kappa shape index (κ3) is 5.11. The molecule has 5 rings (SSSR count). The Kier molecular flexibility index (Phi) is 7.25. The zero-order valence-electron chi connectivity index (χ0n) is 20.9. The Balaban J connectivity index is 1.40. The van der Waals surface area contributed by atoms with Crippen molar-refractivity contribution >= 4 is 29.3 Å². The predicted octanol–water partition coefficient (Wildman–Crippen LogP) is 3.84. The molecule has 2 aliphatic rings. The number of piperazine rings is 1. The van der Waals surface area contributed by atoms with Crippen molar-refractivity contribution in [3.8, 4) is 0 Å². The molecule has 0 saturated carbocycles. The number of benzene rings is 3. The van der Waals surface area contributed by atoms with Crippen LogP contribution < -0.4 is 9.80 Å². The standard InChI is InChI=1S/C30H31N3O2S/c1-3-23-11-13-25(14-12-23)33-29(34)27(28(30(33)35)36-26-15-9-22(2)10-16-26)32-19-17-31(18-20-32)21-24-7-5-4-6-8-24/h4-16H,3,17-21H2,1-2H3/p+1. The van der Waals surface area contributed by atoms with Gasteiger partial charge in [-0.1, -0.05) is 78.8 Å². The maximum absolute atomic E-state index is 13.8. The molecule has 0 radical (unpaired) electrons. The van der Waals surface area contributed by atoms with Gasteiger partial charge in [0.15, 0.2) is 0 Å². The molecule has 36 heavy (non-hydrogen) atoms. The van der Waals surface area contributed by atoms with Gasteiger partial charge in [-0.25, -0.2) is 4.90 Å².